The topological polar surface area (TPSA) is 29.5 Å². The molecule has 2 aromatic carbocycles. The van der Waals surface area contributed by atoms with E-state index in [4.69, 9.17) is 4.74 Å². The highest BCUT2D eigenvalue weighted by atomic mass is 79.9. The van der Waals surface area contributed by atoms with Crippen LogP contribution in [0.3, 0.4) is 0 Å². The zero-order valence-corrected chi connectivity index (χ0v) is 16.3. The maximum atomic E-state index is 12.3. The largest absolute Gasteiger partial charge is 0.483 e. The van der Waals surface area contributed by atoms with Gasteiger partial charge in [-0.15, -0.1) is 0 Å². The summed E-state index contributed by atoms with van der Waals surface area (Å²) in [7, 11) is 1.80. The predicted molar refractivity (Wildman–Crippen MR) is 101 cm³/mol. The van der Waals surface area contributed by atoms with Crippen molar-refractivity contribution in [3.05, 3.63) is 64.1 Å². The van der Waals surface area contributed by atoms with Crippen molar-refractivity contribution in [2.45, 2.75) is 32.7 Å². The molecule has 0 saturated carbocycles. The van der Waals surface area contributed by atoms with Crippen LogP contribution in [0.25, 0.3) is 0 Å². The molecule has 0 radical (unpaired) electrons. The second-order valence-electron chi connectivity index (χ2n) is 6.91. The fraction of sp³-hybridized carbons (Fsp3) is 0.350. The van der Waals surface area contributed by atoms with E-state index in [0.29, 0.717) is 6.54 Å². The van der Waals surface area contributed by atoms with E-state index in [-0.39, 0.29) is 17.9 Å². The van der Waals surface area contributed by atoms with Crippen molar-refractivity contribution in [1.29, 1.82) is 0 Å². The molecule has 1 amide bonds. The molecule has 0 atom stereocenters. The maximum absolute atomic E-state index is 12.3. The van der Waals surface area contributed by atoms with Gasteiger partial charge in [-0.25, -0.2) is 0 Å². The molecule has 4 heteroatoms. The molecule has 0 fully saturated rings. The minimum Gasteiger partial charge on any atom is -0.483 e. The molecule has 2 aromatic rings. The molecule has 0 unspecified atom stereocenters. The number of hydrogen-bond acceptors (Lipinski definition) is 2. The van der Waals surface area contributed by atoms with E-state index in [1.54, 1.807) is 11.9 Å². The van der Waals surface area contributed by atoms with Crippen LogP contribution in [-0.4, -0.2) is 24.5 Å². The van der Waals surface area contributed by atoms with Crippen LogP contribution in [0.1, 0.15) is 31.9 Å². The standard InChI is InChI=1S/C20H24BrNO2/c1-20(2,3)17-12-16(21)10-11-18(17)24-14-19(23)22(4)13-15-8-6-5-7-9-15/h5-12H,13-14H2,1-4H3. The Hall–Kier alpha value is -1.81. The van der Waals surface area contributed by atoms with Gasteiger partial charge in [0.15, 0.2) is 6.61 Å². The van der Waals surface area contributed by atoms with E-state index in [2.05, 4.69) is 36.7 Å². The van der Waals surface area contributed by atoms with Gasteiger partial charge in [-0.3, -0.25) is 4.79 Å². The zero-order chi connectivity index (χ0) is 17.7. The molecular weight excluding hydrogens is 366 g/mol. The first-order chi connectivity index (χ1) is 11.3. The zero-order valence-electron chi connectivity index (χ0n) is 14.7. The van der Waals surface area contributed by atoms with Gasteiger partial charge < -0.3 is 9.64 Å². The Morgan fingerprint density at radius 2 is 1.79 bits per heavy atom. The third kappa shape index (κ3) is 5.10. The highest BCUT2D eigenvalue weighted by Crippen LogP contribution is 2.33. The third-order valence-electron chi connectivity index (χ3n) is 3.79. The fourth-order valence-electron chi connectivity index (χ4n) is 2.41. The van der Waals surface area contributed by atoms with Crippen LogP contribution in [0.2, 0.25) is 0 Å². The van der Waals surface area contributed by atoms with Crippen molar-refractivity contribution in [3.63, 3.8) is 0 Å². The van der Waals surface area contributed by atoms with E-state index in [1.807, 2.05) is 48.5 Å². The summed E-state index contributed by atoms with van der Waals surface area (Å²) in [5.74, 6) is 0.716. The van der Waals surface area contributed by atoms with E-state index >= 15 is 0 Å². The van der Waals surface area contributed by atoms with E-state index in [0.717, 1.165) is 21.3 Å². The van der Waals surface area contributed by atoms with Gasteiger partial charge in [0.2, 0.25) is 0 Å². The van der Waals surface area contributed by atoms with Gasteiger partial charge in [0, 0.05) is 23.6 Å². The van der Waals surface area contributed by atoms with Crippen LogP contribution >= 0.6 is 15.9 Å². The molecule has 128 valence electrons. The molecule has 0 aromatic heterocycles. The van der Waals surface area contributed by atoms with Gasteiger partial charge in [-0.05, 0) is 29.2 Å². The first-order valence-corrected chi connectivity index (χ1v) is 8.77. The van der Waals surface area contributed by atoms with E-state index in [1.165, 1.54) is 0 Å². The van der Waals surface area contributed by atoms with Gasteiger partial charge in [-0.1, -0.05) is 67.0 Å². The van der Waals surface area contributed by atoms with Gasteiger partial charge in [0.05, 0.1) is 0 Å². The molecule has 0 heterocycles. The average molecular weight is 390 g/mol. The van der Waals surface area contributed by atoms with Gasteiger partial charge in [-0.2, -0.15) is 0 Å². The van der Waals surface area contributed by atoms with Crippen LogP contribution in [-0.2, 0) is 16.8 Å². The highest BCUT2D eigenvalue weighted by molar-refractivity contribution is 9.10. The van der Waals surface area contributed by atoms with Crippen molar-refractivity contribution in [2.24, 2.45) is 0 Å². The summed E-state index contributed by atoms with van der Waals surface area (Å²) in [4.78, 5) is 14.0. The molecule has 0 saturated heterocycles. The summed E-state index contributed by atoms with van der Waals surface area (Å²) in [6.45, 7) is 7.00. The quantitative estimate of drug-likeness (QED) is 0.735. The molecule has 3 nitrogen and oxygen atoms in total. The monoisotopic (exact) mass is 389 g/mol. The summed E-state index contributed by atoms with van der Waals surface area (Å²) in [6.07, 6.45) is 0. The number of benzene rings is 2. The predicted octanol–water partition coefficient (Wildman–Crippen LogP) is 4.78. The molecule has 0 N–H and O–H groups in total. The summed E-state index contributed by atoms with van der Waals surface area (Å²) in [5, 5.41) is 0. The second kappa shape index (κ2) is 7.84. The second-order valence-corrected chi connectivity index (χ2v) is 7.83. The first kappa shape index (κ1) is 18.5. The lowest BCUT2D eigenvalue weighted by molar-refractivity contribution is -0.132. The molecule has 0 aliphatic heterocycles. The average Bonchev–Trinajstić information content (AvgIpc) is 2.53. The van der Waals surface area contributed by atoms with Crippen LogP contribution in [0.4, 0.5) is 0 Å². The summed E-state index contributed by atoms with van der Waals surface area (Å²) < 4.78 is 6.83. The molecule has 0 aliphatic carbocycles. The summed E-state index contributed by atoms with van der Waals surface area (Å²) >= 11 is 3.50. The molecular formula is C20H24BrNO2. The SMILES string of the molecule is CN(Cc1ccccc1)C(=O)COc1ccc(Br)cc1C(C)(C)C. The first-order valence-electron chi connectivity index (χ1n) is 7.98. The minimum absolute atomic E-state index is 0.0358. The highest BCUT2D eigenvalue weighted by Gasteiger charge is 2.20. The molecule has 0 bridgehead atoms. The molecule has 2 rings (SSSR count). The number of amides is 1. The maximum Gasteiger partial charge on any atom is 0.260 e. The van der Waals surface area contributed by atoms with Crippen LogP contribution in [0.5, 0.6) is 5.75 Å². The number of rotatable bonds is 5. The minimum atomic E-state index is -0.0574. The van der Waals surface area contributed by atoms with Gasteiger partial charge >= 0.3 is 0 Å². The van der Waals surface area contributed by atoms with Crippen LogP contribution in [0.15, 0.2) is 53.0 Å². The van der Waals surface area contributed by atoms with Gasteiger partial charge in [0.25, 0.3) is 5.91 Å². The molecule has 0 aliphatic rings. The van der Waals surface area contributed by atoms with Crippen molar-refractivity contribution < 1.29 is 9.53 Å². The number of likely N-dealkylation sites (N-methyl/N-ethyl adjacent to an activating group) is 1. The Morgan fingerprint density at radius 1 is 1.12 bits per heavy atom. The lowest BCUT2D eigenvalue weighted by atomic mass is 9.86. The Labute approximate surface area is 152 Å². The van der Waals surface area contributed by atoms with Crippen molar-refractivity contribution >= 4 is 21.8 Å². The van der Waals surface area contributed by atoms with Gasteiger partial charge in [0.1, 0.15) is 5.75 Å². The Balaban J connectivity index is 2.01. The normalized spacial score (nSPS) is 11.2. The van der Waals surface area contributed by atoms with Crippen LogP contribution < -0.4 is 4.74 Å². The summed E-state index contributed by atoms with van der Waals surface area (Å²) in [5.41, 5.74) is 2.13. The number of nitrogens with zero attached hydrogens (tertiary/aromatic N) is 1. The fourth-order valence-corrected chi connectivity index (χ4v) is 2.77. The van der Waals surface area contributed by atoms with E-state index in [9.17, 15) is 4.79 Å². The van der Waals surface area contributed by atoms with Crippen molar-refractivity contribution in [2.75, 3.05) is 13.7 Å². The smallest absolute Gasteiger partial charge is 0.260 e. The van der Waals surface area contributed by atoms with Crippen molar-refractivity contribution in [3.8, 4) is 5.75 Å². The number of hydrogen-bond donors (Lipinski definition) is 0. The Morgan fingerprint density at radius 3 is 2.42 bits per heavy atom. The van der Waals surface area contributed by atoms with Crippen molar-refractivity contribution in [1.82, 2.24) is 4.90 Å². The molecule has 24 heavy (non-hydrogen) atoms. The lowest BCUT2D eigenvalue weighted by Gasteiger charge is -2.24. The number of halogens is 1. The summed E-state index contributed by atoms with van der Waals surface area (Å²) in [6, 6.07) is 15.8. The number of carbonyl (C=O) groups is 1. The molecule has 0 spiro atoms. The lowest BCUT2D eigenvalue weighted by Crippen LogP contribution is -2.31. The number of ether oxygens (including phenoxy) is 1. The Bertz CT molecular complexity index is 693. The van der Waals surface area contributed by atoms with Crippen LogP contribution in [0, 0.1) is 0 Å². The Kier molecular flexibility index (Phi) is 6.05. The number of carbonyl (C=O) groups excluding carboxylic acids is 1. The van der Waals surface area contributed by atoms with E-state index < -0.39 is 0 Å². The third-order valence-corrected chi connectivity index (χ3v) is 4.28.